The van der Waals surface area contributed by atoms with E-state index in [4.69, 9.17) is 15.6 Å². The molecule has 1 aromatic carbocycles. The summed E-state index contributed by atoms with van der Waals surface area (Å²) >= 11 is 4.67. The number of anilines is 2. The molecule has 1 aromatic heterocycles. The van der Waals surface area contributed by atoms with Crippen LogP contribution in [0.2, 0.25) is 0 Å². The van der Waals surface area contributed by atoms with Crippen LogP contribution in [0.5, 0.6) is 5.75 Å². The van der Waals surface area contributed by atoms with E-state index < -0.39 is 12.0 Å². The Hall–Kier alpha value is -1.64. The number of ether oxygens (including phenoxy) is 1. The topological polar surface area (TPSA) is 97.5 Å². The van der Waals surface area contributed by atoms with Gasteiger partial charge in [0.2, 0.25) is 0 Å². The van der Waals surface area contributed by atoms with Crippen molar-refractivity contribution in [3.05, 3.63) is 33.7 Å². The number of benzene rings is 1. The van der Waals surface area contributed by atoms with E-state index in [2.05, 4.69) is 26.2 Å². The zero-order valence-corrected chi connectivity index (χ0v) is 12.9. The van der Waals surface area contributed by atoms with Gasteiger partial charge in [0.05, 0.1) is 12.8 Å². The van der Waals surface area contributed by atoms with Crippen LogP contribution in [-0.4, -0.2) is 23.2 Å². The Kier molecular flexibility index (Phi) is 4.58. The van der Waals surface area contributed by atoms with Gasteiger partial charge in [-0.15, -0.1) is 11.3 Å². The summed E-state index contributed by atoms with van der Waals surface area (Å²) in [6, 6.07) is 4.39. The van der Waals surface area contributed by atoms with Crippen LogP contribution in [0.1, 0.15) is 11.7 Å². The van der Waals surface area contributed by atoms with E-state index in [0.29, 0.717) is 16.6 Å². The highest BCUT2D eigenvalue weighted by atomic mass is 79.9. The van der Waals surface area contributed by atoms with Crippen LogP contribution >= 0.6 is 27.3 Å². The molecule has 0 saturated carbocycles. The Bertz CT molecular complexity index is 632. The highest BCUT2D eigenvalue weighted by molar-refractivity contribution is 9.10. The van der Waals surface area contributed by atoms with E-state index in [9.17, 15) is 4.79 Å². The zero-order chi connectivity index (χ0) is 14.7. The van der Waals surface area contributed by atoms with Gasteiger partial charge in [-0.25, -0.2) is 4.98 Å². The molecule has 1 heterocycles. The van der Waals surface area contributed by atoms with E-state index in [-0.39, 0.29) is 0 Å². The van der Waals surface area contributed by atoms with E-state index >= 15 is 0 Å². The molecule has 0 aliphatic heterocycles. The molecule has 0 amide bonds. The van der Waals surface area contributed by atoms with Crippen molar-refractivity contribution in [2.24, 2.45) is 5.73 Å². The number of nitrogens with zero attached hydrogens (tertiary/aromatic N) is 1. The Balaban J connectivity index is 2.18. The summed E-state index contributed by atoms with van der Waals surface area (Å²) in [6.07, 6.45) is 0. The first-order valence-corrected chi connectivity index (χ1v) is 7.22. The van der Waals surface area contributed by atoms with Crippen LogP contribution in [0.4, 0.5) is 10.8 Å². The molecule has 1 atom stereocenters. The van der Waals surface area contributed by atoms with E-state index in [1.807, 2.05) is 18.2 Å². The Labute approximate surface area is 127 Å². The smallest absolute Gasteiger partial charge is 0.326 e. The first-order valence-electron chi connectivity index (χ1n) is 5.55. The lowest BCUT2D eigenvalue weighted by atomic mass is 10.2. The largest absolute Gasteiger partial charge is 0.497 e. The normalized spacial score (nSPS) is 11.9. The van der Waals surface area contributed by atoms with E-state index in [1.54, 1.807) is 12.5 Å². The van der Waals surface area contributed by atoms with E-state index in [0.717, 1.165) is 10.2 Å². The second-order valence-corrected chi connectivity index (χ2v) is 5.67. The van der Waals surface area contributed by atoms with Gasteiger partial charge in [-0.05, 0) is 12.1 Å². The summed E-state index contributed by atoms with van der Waals surface area (Å²) in [5.74, 6) is -0.410. The molecule has 1 unspecified atom stereocenters. The van der Waals surface area contributed by atoms with Crippen LogP contribution < -0.4 is 15.8 Å². The lowest BCUT2D eigenvalue weighted by Gasteiger charge is -2.07. The van der Waals surface area contributed by atoms with Gasteiger partial charge in [-0.1, -0.05) is 15.9 Å². The van der Waals surface area contributed by atoms with Gasteiger partial charge in [-0.3, -0.25) is 4.79 Å². The Morgan fingerprint density at radius 1 is 1.55 bits per heavy atom. The molecular formula is C12H12BrN3O3S. The van der Waals surface area contributed by atoms with Crippen LogP contribution in [0.25, 0.3) is 0 Å². The number of hydrogen-bond acceptors (Lipinski definition) is 6. The molecule has 0 bridgehead atoms. The van der Waals surface area contributed by atoms with Crippen molar-refractivity contribution in [1.29, 1.82) is 0 Å². The first-order chi connectivity index (χ1) is 9.49. The third-order valence-electron chi connectivity index (χ3n) is 2.46. The number of hydrogen-bond donors (Lipinski definition) is 3. The van der Waals surface area contributed by atoms with Crippen molar-refractivity contribution in [3.8, 4) is 5.75 Å². The number of nitrogens with one attached hydrogen (secondary N) is 1. The second kappa shape index (κ2) is 6.21. The molecular weight excluding hydrogens is 346 g/mol. The molecule has 0 saturated heterocycles. The van der Waals surface area contributed by atoms with Crippen LogP contribution in [0.3, 0.4) is 0 Å². The number of halogens is 1. The lowest BCUT2D eigenvalue weighted by molar-refractivity contribution is -0.138. The molecule has 6 nitrogen and oxygen atoms in total. The number of nitrogens with two attached hydrogens (primary N) is 1. The molecule has 2 rings (SSSR count). The zero-order valence-electron chi connectivity index (χ0n) is 10.5. The summed E-state index contributed by atoms with van der Waals surface area (Å²) in [6.45, 7) is 0. The molecule has 0 aliphatic carbocycles. The first kappa shape index (κ1) is 14.8. The SMILES string of the molecule is COc1cc(Br)cc(Nc2nc(C(N)C(=O)O)cs2)c1. The lowest BCUT2D eigenvalue weighted by Crippen LogP contribution is -2.20. The van der Waals surface area contributed by atoms with E-state index in [1.165, 1.54) is 11.3 Å². The van der Waals surface area contributed by atoms with Crippen molar-refractivity contribution >= 4 is 44.1 Å². The number of carboxylic acids is 1. The standard InChI is InChI=1S/C12H12BrN3O3S/c1-19-8-3-6(13)2-7(4-8)15-12-16-9(5-20-12)10(14)11(17)18/h2-5,10H,14H2,1H3,(H,15,16)(H,17,18). The molecule has 2 aromatic rings. The predicted molar refractivity (Wildman–Crippen MR) is 80.7 cm³/mol. The van der Waals surface area contributed by atoms with Crippen LogP contribution in [0.15, 0.2) is 28.1 Å². The second-order valence-electron chi connectivity index (χ2n) is 3.90. The summed E-state index contributed by atoms with van der Waals surface area (Å²) < 4.78 is 6.02. The molecule has 0 fully saturated rings. The third-order valence-corrected chi connectivity index (χ3v) is 3.70. The maximum atomic E-state index is 10.8. The fraction of sp³-hybridized carbons (Fsp3) is 0.167. The summed E-state index contributed by atoms with van der Waals surface area (Å²) in [4.78, 5) is 14.9. The molecule has 8 heteroatoms. The predicted octanol–water partition coefficient (Wildman–Crippen LogP) is 2.74. The van der Waals surface area contributed by atoms with Crippen LogP contribution in [0, 0.1) is 0 Å². The number of carbonyl (C=O) groups is 1. The van der Waals surface area contributed by atoms with Gasteiger partial charge in [0, 0.05) is 21.6 Å². The molecule has 0 aliphatic rings. The quantitative estimate of drug-likeness (QED) is 0.760. The Morgan fingerprint density at radius 3 is 2.95 bits per heavy atom. The fourth-order valence-electron chi connectivity index (χ4n) is 1.49. The van der Waals surface area contributed by atoms with Gasteiger partial charge in [-0.2, -0.15) is 0 Å². The summed E-state index contributed by atoms with van der Waals surface area (Å²) in [7, 11) is 1.58. The minimum atomic E-state index is -1.11. The summed E-state index contributed by atoms with van der Waals surface area (Å²) in [5, 5.41) is 14.1. The maximum Gasteiger partial charge on any atom is 0.326 e. The van der Waals surface area contributed by atoms with Crippen molar-refractivity contribution in [1.82, 2.24) is 4.98 Å². The number of carboxylic acid groups (broad SMARTS) is 1. The molecule has 106 valence electrons. The highest BCUT2D eigenvalue weighted by Gasteiger charge is 2.17. The summed E-state index contributed by atoms with van der Waals surface area (Å²) in [5.41, 5.74) is 6.61. The Morgan fingerprint density at radius 2 is 2.30 bits per heavy atom. The van der Waals surface area contributed by atoms with Gasteiger partial charge in [0.1, 0.15) is 11.8 Å². The molecule has 20 heavy (non-hydrogen) atoms. The van der Waals surface area contributed by atoms with Gasteiger partial charge in [0.25, 0.3) is 0 Å². The van der Waals surface area contributed by atoms with Crippen molar-refractivity contribution < 1.29 is 14.6 Å². The maximum absolute atomic E-state index is 10.8. The number of thiazole rings is 1. The van der Waals surface area contributed by atoms with Crippen molar-refractivity contribution in [3.63, 3.8) is 0 Å². The average molecular weight is 358 g/mol. The molecule has 4 N–H and O–H groups in total. The monoisotopic (exact) mass is 357 g/mol. The van der Waals surface area contributed by atoms with Gasteiger partial charge < -0.3 is 20.9 Å². The third kappa shape index (κ3) is 3.47. The minimum Gasteiger partial charge on any atom is -0.497 e. The molecule has 0 spiro atoms. The number of rotatable bonds is 5. The highest BCUT2D eigenvalue weighted by Crippen LogP contribution is 2.28. The van der Waals surface area contributed by atoms with Gasteiger partial charge >= 0.3 is 5.97 Å². The van der Waals surface area contributed by atoms with Gasteiger partial charge in [0.15, 0.2) is 5.13 Å². The van der Waals surface area contributed by atoms with Crippen molar-refractivity contribution in [2.75, 3.05) is 12.4 Å². The number of methoxy groups -OCH3 is 1. The van der Waals surface area contributed by atoms with Crippen molar-refractivity contribution in [2.45, 2.75) is 6.04 Å². The molecule has 0 radical (unpaired) electrons. The number of aliphatic carboxylic acids is 1. The fourth-order valence-corrected chi connectivity index (χ4v) is 2.73. The number of aromatic nitrogens is 1. The average Bonchev–Trinajstić information content (AvgIpc) is 2.85. The van der Waals surface area contributed by atoms with Crippen LogP contribution in [-0.2, 0) is 4.79 Å². The minimum absolute atomic E-state index is 0.326.